The quantitative estimate of drug-likeness (QED) is 0.907. The molecule has 1 N–H and O–H groups in total. The normalized spacial score (nSPS) is 23.5. The molecule has 106 valence electrons. The summed E-state index contributed by atoms with van der Waals surface area (Å²) in [7, 11) is 2.97. The molecule has 1 aromatic carbocycles. The maximum absolute atomic E-state index is 12.6. The van der Waals surface area contributed by atoms with Crippen molar-refractivity contribution in [3.05, 3.63) is 23.3 Å². The number of nitrogens with zero attached hydrogens (tertiary/aromatic N) is 1. The Kier molecular flexibility index (Phi) is 3.01. The Labute approximate surface area is 119 Å². The third-order valence-electron chi connectivity index (χ3n) is 3.58. The molecule has 0 radical (unpaired) electrons. The van der Waals surface area contributed by atoms with E-state index < -0.39 is 12.0 Å². The molecule has 7 heteroatoms. The van der Waals surface area contributed by atoms with Crippen molar-refractivity contribution in [2.45, 2.75) is 11.4 Å². The molecule has 1 amide bonds. The minimum Gasteiger partial charge on any atom is -0.493 e. The second-order valence-corrected chi connectivity index (χ2v) is 5.63. The van der Waals surface area contributed by atoms with Crippen molar-refractivity contribution in [3.8, 4) is 11.5 Å². The molecule has 2 unspecified atom stereocenters. The van der Waals surface area contributed by atoms with E-state index in [1.807, 2.05) is 0 Å². The zero-order valence-corrected chi connectivity index (χ0v) is 11.8. The predicted octanol–water partition coefficient (Wildman–Crippen LogP) is 1.36. The molecule has 2 heterocycles. The minimum absolute atomic E-state index is 0.251. The van der Waals surface area contributed by atoms with Crippen LogP contribution in [0.15, 0.2) is 12.1 Å². The monoisotopic (exact) mass is 295 g/mol. The molecule has 0 bridgehead atoms. The summed E-state index contributed by atoms with van der Waals surface area (Å²) in [5.74, 6) is -0.0449. The van der Waals surface area contributed by atoms with Crippen molar-refractivity contribution >= 4 is 23.6 Å². The summed E-state index contributed by atoms with van der Waals surface area (Å²) < 4.78 is 10.5. The van der Waals surface area contributed by atoms with Gasteiger partial charge in [0.15, 0.2) is 11.5 Å². The molecule has 2 aliphatic heterocycles. The van der Waals surface area contributed by atoms with E-state index in [0.29, 0.717) is 22.8 Å². The van der Waals surface area contributed by atoms with Crippen LogP contribution in [0.2, 0.25) is 0 Å². The Balaban J connectivity index is 2.13. The van der Waals surface area contributed by atoms with Gasteiger partial charge in [-0.25, -0.2) is 4.79 Å². The van der Waals surface area contributed by atoms with Gasteiger partial charge in [0.1, 0.15) is 11.4 Å². The molecule has 0 saturated carbocycles. The molecule has 1 fully saturated rings. The Morgan fingerprint density at radius 3 is 2.75 bits per heavy atom. The van der Waals surface area contributed by atoms with Gasteiger partial charge < -0.3 is 19.5 Å². The minimum atomic E-state index is -0.980. The Morgan fingerprint density at radius 2 is 2.15 bits per heavy atom. The Bertz CT molecular complexity index is 603. The predicted molar refractivity (Wildman–Crippen MR) is 72.3 cm³/mol. The Hall–Kier alpha value is -1.89. The number of methoxy groups -OCH3 is 2. The number of carbonyl (C=O) groups is 2. The van der Waals surface area contributed by atoms with E-state index in [-0.39, 0.29) is 11.3 Å². The van der Waals surface area contributed by atoms with E-state index >= 15 is 0 Å². The zero-order valence-electron chi connectivity index (χ0n) is 11.0. The van der Waals surface area contributed by atoms with E-state index in [0.717, 1.165) is 5.56 Å². The summed E-state index contributed by atoms with van der Waals surface area (Å²) in [5.41, 5.74) is 1.21. The highest BCUT2D eigenvalue weighted by molar-refractivity contribution is 7.99. The molecule has 6 nitrogen and oxygen atoms in total. The maximum Gasteiger partial charge on any atom is 0.327 e. The van der Waals surface area contributed by atoms with Crippen LogP contribution in [0.3, 0.4) is 0 Å². The number of aliphatic carboxylic acids is 1. The summed E-state index contributed by atoms with van der Waals surface area (Å²) in [6, 6.07) is 2.75. The van der Waals surface area contributed by atoms with E-state index in [4.69, 9.17) is 9.47 Å². The number of thioether (sulfide) groups is 1. The van der Waals surface area contributed by atoms with E-state index in [1.165, 1.54) is 30.9 Å². The lowest BCUT2D eigenvalue weighted by molar-refractivity contribution is -0.141. The fourth-order valence-corrected chi connectivity index (χ4v) is 4.13. The van der Waals surface area contributed by atoms with Crippen molar-refractivity contribution in [2.75, 3.05) is 20.0 Å². The summed E-state index contributed by atoms with van der Waals surface area (Å²) in [5, 5.41) is 8.97. The molecule has 2 aliphatic rings. The highest BCUT2D eigenvalue weighted by Crippen LogP contribution is 2.52. The average Bonchev–Trinajstić information content (AvgIpc) is 2.99. The standard InChI is InChI=1S/C13H13NO5S/c1-18-8-4-3-6-9(10(8)19-2)11(15)14-7(13(16)17)5-20-12(6)14/h3-4,7,12H,5H2,1-2H3,(H,16,17). The number of rotatable bonds is 3. The number of carboxylic acids is 1. The first-order valence-electron chi connectivity index (χ1n) is 6.02. The van der Waals surface area contributed by atoms with Crippen LogP contribution in [0.25, 0.3) is 0 Å². The van der Waals surface area contributed by atoms with Crippen molar-refractivity contribution in [1.29, 1.82) is 0 Å². The maximum atomic E-state index is 12.6. The molecule has 1 aromatic rings. The zero-order chi connectivity index (χ0) is 14.4. The Morgan fingerprint density at radius 1 is 1.40 bits per heavy atom. The number of carboxylic acid groups (broad SMARTS) is 1. The van der Waals surface area contributed by atoms with Gasteiger partial charge in [-0.05, 0) is 6.07 Å². The van der Waals surface area contributed by atoms with Crippen LogP contribution in [0.5, 0.6) is 11.5 Å². The van der Waals surface area contributed by atoms with Crippen LogP contribution < -0.4 is 9.47 Å². The smallest absolute Gasteiger partial charge is 0.327 e. The van der Waals surface area contributed by atoms with Crippen LogP contribution in [-0.2, 0) is 4.79 Å². The second kappa shape index (κ2) is 4.59. The molecule has 20 heavy (non-hydrogen) atoms. The number of hydrogen-bond acceptors (Lipinski definition) is 5. The number of fused-ring (bicyclic) bond motifs is 3. The first-order chi connectivity index (χ1) is 9.60. The van der Waals surface area contributed by atoms with Gasteiger partial charge in [-0.3, -0.25) is 4.79 Å². The van der Waals surface area contributed by atoms with E-state index in [2.05, 4.69) is 0 Å². The SMILES string of the molecule is COc1ccc2c(c1OC)C(=O)N1C(C(=O)O)CSC21. The van der Waals surface area contributed by atoms with Gasteiger partial charge in [0.05, 0.1) is 19.8 Å². The molecule has 0 aromatic heterocycles. The molecule has 2 atom stereocenters. The molecule has 3 rings (SSSR count). The largest absolute Gasteiger partial charge is 0.493 e. The highest BCUT2D eigenvalue weighted by Gasteiger charge is 2.50. The van der Waals surface area contributed by atoms with E-state index in [1.54, 1.807) is 12.1 Å². The van der Waals surface area contributed by atoms with Crippen molar-refractivity contribution in [3.63, 3.8) is 0 Å². The van der Waals surface area contributed by atoms with Crippen LogP contribution in [-0.4, -0.2) is 47.9 Å². The summed E-state index contributed by atoms with van der Waals surface area (Å²) in [4.78, 5) is 25.2. The number of hydrogen-bond donors (Lipinski definition) is 1. The fraction of sp³-hybridized carbons (Fsp3) is 0.385. The van der Waals surface area contributed by atoms with E-state index in [9.17, 15) is 14.7 Å². The molecular weight excluding hydrogens is 282 g/mol. The molecule has 1 saturated heterocycles. The van der Waals surface area contributed by atoms with Gasteiger partial charge in [0.25, 0.3) is 5.91 Å². The number of amides is 1. The van der Waals surface area contributed by atoms with Crippen LogP contribution in [0, 0.1) is 0 Å². The molecule has 0 aliphatic carbocycles. The number of carbonyl (C=O) groups excluding carboxylic acids is 1. The van der Waals surface area contributed by atoms with Gasteiger partial charge in [-0.2, -0.15) is 0 Å². The fourth-order valence-electron chi connectivity index (χ4n) is 2.68. The summed E-state index contributed by atoms with van der Waals surface area (Å²) >= 11 is 1.46. The van der Waals surface area contributed by atoms with Gasteiger partial charge in [0.2, 0.25) is 0 Å². The summed E-state index contributed by atoms with van der Waals surface area (Å²) in [6.07, 6.45) is 0. The number of ether oxygens (including phenoxy) is 2. The van der Waals surface area contributed by atoms with Crippen LogP contribution in [0.1, 0.15) is 21.3 Å². The van der Waals surface area contributed by atoms with Crippen molar-refractivity contribution in [1.82, 2.24) is 4.90 Å². The average molecular weight is 295 g/mol. The van der Waals surface area contributed by atoms with Gasteiger partial charge >= 0.3 is 5.97 Å². The first kappa shape index (κ1) is 13.1. The molecular formula is C13H13NO5S. The third kappa shape index (κ3) is 1.59. The van der Waals surface area contributed by atoms with Gasteiger partial charge in [-0.15, -0.1) is 11.8 Å². The molecule has 0 spiro atoms. The lowest BCUT2D eigenvalue weighted by Crippen LogP contribution is -2.39. The van der Waals surface area contributed by atoms with Gasteiger partial charge in [-0.1, -0.05) is 6.07 Å². The first-order valence-corrected chi connectivity index (χ1v) is 7.07. The van der Waals surface area contributed by atoms with Gasteiger partial charge in [0, 0.05) is 11.3 Å². The lowest BCUT2D eigenvalue weighted by atomic mass is 10.1. The lowest BCUT2D eigenvalue weighted by Gasteiger charge is -2.19. The third-order valence-corrected chi connectivity index (χ3v) is 4.88. The number of benzene rings is 1. The second-order valence-electron chi connectivity index (χ2n) is 4.52. The highest BCUT2D eigenvalue weighted by atomic mass is 32.2. The summed E-state index contributed by atoms with van der Waals surface area (Å²) in [6.45, 7) is 0. The van der Waals surface area contributed by atoms with Crippen LogP contribution in [0.4, 0.5) is 0 Å². The van der Waals surface area contributed by atoms with Crippen molar-refractivity contribution in [2.24, 2.45) is 0 Å². The van der Waals surface area contributed by atoms with Crippen LogP contribution >= 0.6 is 11.8 Å². The topological polar surface area (TPSA) is 76.1 Å². The van der Waals surface area contributed by atoms with Crippen molar-refractivity contribution < 1.29 is 24.2 Å².